The minimum Gasteiger partial charge on any atom is -0.357 e. The Bertz CT molecular complexity index is 3710. The molecular weight excluding hydrogens is 1920 g/mol. The van der Waals surface area contributed by atoms with E-state index in [0.29, 0.717) is 59.7 Å². The van der Waals surface area contributed by atoms with Gasteiger partial charge in [0.2, 0.25) is 0 Å². The van der Waals surface area contributed by atoms with Gasteiger partial charge >= 0.3 is 0 Å². The summed E-state index contributed by atoms with van der Waals surface area (Å²) < 4.78 is 9.80. The van der Waals surface area contributed by atoms with Gasteiger partial charge in [0, 0.05) is 128 Å². The molecule has 2 atom stereocenters. The quantitative estimate of drug-likeness (QED) is 0.106. The number of nitrogens with zero attached hydrogens (tertiary/aromatic N) is 16. The van der Waals surface area contributed by atoms with E-state index in [4.69, 9.17) is 10.2 Å². The number of aromatic nitrogens is 16. The van der Waals surface area contributed by atoms with Crippen LogP contribution in [0.2, 0.25) is 0 Å². The van der Waals surface area contributed by atoms with Gasteiger partial charge in [-0.15, -0.1) is 68.9 Å². The van der Waals surface area contributed by atoms with Crippen molar-refractivity contribution in [2.24, 2.45) is 11.8 Å². The van der Waals surface area contributed by atoms with E-state index in [1.807, 2.05) is 58.2 Å². The molecule has 15 rings (SSSR count). The first kappa shape index (κ1) is 78.5. The van der Waals surface area contributed by atoms with Gasteiger partial charge < -0.3 is 38.2 Å². The van der Waals surface area contributed by atoms with Crippen LogP contribution in [0.15, 0.2) is 36.7 Å². The number of aryl methyl sites for hydroxylation is 6. The molecule has 2 unspecified atom stereocenters. The SMILES string of the molecule is Cc1c[c-]c(-c2nnc(C(C)C)n2C2CCCCC2)c(C)n1.Cc1c[c-]c(-c2nnc(C3CCCC3)n2C2CCCC2)c(C)n1.Cc1ncc[c-]c1-c1nnc(C2CCCC2)n1C1CCCC1.Cc1ncc[c-]c1-c1nnc(C2CCCCC2)n1C1C(C)CCCC1C.[Ir].[Ir].[Ir].[Ir]. The smallest absolute Gasteiger partial charge is 0.127 e. The van der Waals surface area contributed by atoms with E-state index >= 15 is 0 Å². The second-order valence-corrected chi connectivity index (χ2v) is 29.1. The Balaban J connectivity index is 0.000000163. The summed E-state index contributed by atoms with van der Waals surface area (Å²) in [4.78, 5) is 18.1. The van der Waals surface area contributed by atoms with E-state index in [0.717, 1.165) is 85.5 Å². The molecule has 0 aromatic carbocycles. The Morgan fingerprint density at radius 3 is 1.05 bits per heavy atom. The third kappa shape index (κ3) is 18.2. The van der Waals surface area contributed by atoms with E-state index in [1.54, 1.807) is 6.20 Å². The van der Waals surface area contributed by atoms with Crippen molar-refractivity contribution in [2.75, 3.05) is 0 Å². The molecule has 8 aromatic heterocycles. The van der Waals surface area contributed by atoms with E-state index in [-0.39, 0.29) is 80.4 Å². The first-order chi connectivity index (χ1) is 45.3. The predicted molar refractivity (Wildman–Crippen MR) is 367 cm³/mol. The number of rotatable bonds is 12. The van der Waals surface area contributed by atoms with Crippen LogP contribution in [0.3, 0.4) is 0 Å². The van der Waals surface area contributed by atoms with Crippen molar-refractivity contribution >= 4 is 0 Å². The van der Waals surface area contributed by atoms with Gasteiger partial charge in [-0.25, -0.2) is 0 Å². The van der Waals surface area contributed by atoms with Crippen LogP contribution >= 0.6 is 0 Å². The van der Waals surface area contributed by atoms with Crippen molar-refractivity contribution < 1.29 is 80.4 Å². The van der Waals surface area contributed by atoms with E-state index < -0.39 is 0 Å². The third-order valence-electron chi connectivity index (χ3n) is 21.9. The zero-order valence-corrected chi connectivity index (χ0v) is 68.8. The first-order valence-electron chi connectivity index (χ1n) is 36.5. The van der Waals surface area contributed by atoms with Crippen LogP contribution < -0.4 is 0 Å². The fourth-order valence-corrected chi connectivity index (χ4v) is 17.1. The molecule has 532 valence electrons. The standard InChI is InChI=1S/C22H31N4.C19H25N4.C18H23N4.C18H25N4.4Ir/c1-15-9-7-10-16(2)20(15)26-21(18-11-5-4-6-12-18)24-25-22(26)19-13-8-14-23-17(19)3;1-13-11-12-17(14(2)20-13)19-22-21-18(15-7-3-4-8-15)23(19)16-9-5-6-10-16;1-13-16(11-6-12-19-13)18-21-20-17(14-7-2-3-8-14)22(18)15-9-4-5-10-15;1-12(2)17-20-21-18(16-11-10-13(3)19-14(16)4)22(17)15-8-6-5-7-9-15;;;;/h8,14-16,18,20H,4-7,9-12H2,1-3H3;11,15-16H,3-10H2,1-2H3;6,12,14-15H,2-5,7-10H2,1H3;10,12,15H,5-9H2,1-4H3;;;;/q4*-1;;;;. The van der Waals surface area contributed by atoms with Crippen molar-refractivity contribution in [3.05, 3.63) is 118 Å². The number of hydrogen-bond donors (Lipinski definition) is 0. The molecule has 8 heterocycles. The summed E-state index contributed by atoms with van der Waals surface area (Å²) in [6, 6.07) is 23.3. The topological polar surface area (TPSA) is 174 Å². The molecule has 7 aliphatic carbocycles. The van der Waals surface area contributed by atoms with Crippen molar-refractivity contribution in [1.29, 1.82) is 0 Å². The van der Waals surface area contributed by atoms with Crippen LogP contribution in [0.25, 0.3) is 45.6 Å². The van der Waals surface area contributed by atoms with Crippen LogP contribution in [0, 0.1) is 77.6 Å². The van der Waals surface area contributed by atoms with Gasteiger partial charge in [0.05, 0.1) is 23.3 Å². The van der Waals surface area contributed by atoms with Crippen molar-refractivity contribution in [1.82, 2.24) is 79.0 Å². The predicted octanol–water partition coefficient (Wildman–Crippen LogP) is 18.6. The van der Waals surface area contributed by atoms with E-state index in [1.165, 1.54) is 204 Å². The summed E-state index contributed by atoms with van der Waals surface area (Å²) in [6.45, 7) is 21.4. The van der Waals surface area contributed by atoms with Crippen molar-refractivity contribution in [3.63, 3.8) is 0 Å². The minimum absolute atomic E-state index is 0. The summed E-state index contributed by atoms with van der Waals surface area (Å²) >= 11 is 0. The number of hydrogen-bond acceptors (Lipinski definition) is 12. The van der Waals surface area contributed by atoms with Crippen molar-refractivity contribution in [3.8, 4) is 45.6 Å². The average molecular weight is 2020 g/mol. The summed E-state index contributed by atoms with van der Waals surface area (Å²) in [6.07, 6.45) is 41.1. The third-order valence-corrected chi connectivity index (χ3v) is 21.9. The van der Waals surface area contributed by atoms with Crippen LogP contribution in [0.5, 0.6) is 0 Å². The molecule has 4 radical (unpaired) electrons. The number of pyridine rings is 4. The Hall–Kier alpha value is -4.24. The Kier molecular flexibility index (Phi) is 30.0. The van der Waals surface area contributed by atoms with Gasteiger partial charge in [0.15, 0.2) is 0 Å². The molecule has 20 heteroatoms. The zero-order chi connectivity index (χ0) is 64.5. The monoisotopic (exact) mass is 2020 g/mol. The molecule has 7 fully saturated rings. The summed E-state index contributed by atoms with van der Waals surface area (Å²) in [5.41, 5.74) is 10.0. The summed E-state index contributed by atoms with van der Waals surface area (Å²) in [5.74, 6) is 12.1. The van der Waals surface area contributed by atoms with Gasteiger partial charge in [-0.05, 0) is 136 Å². The second-order valence-electron chi connectivity index (χ2n) is 29.1. The molecule has 0 N–H and O–H groups in total. The maximum Gasteiger partial charge on any atom is 0.127 e. The molecule has 7 aliphatic rings. The van der Waals surface area contributed by atoms with E-state index in [2.05, 4.69) is 135 Å². The normalized spacial score (nSPS) is 20.3. The molecule has 97 heavy (non-hydrogen) atoms. The van der Waals surface area contributed by atoms with Crippen LogP contribution in [-0.4, -0.2) is 79.0 Å². The van der Waals surface area contributed by atoms with Gasteiger partial charge in [-0.2, -0.15) is 20.4 Å². The van der Waals surface area contributed by atoms with Crippen LogP contribution in [0.1, 0.15) is 319 Å². The summed E-state index contributed by atoms with van der Waals surface area (Å²) in [5, 5.41) is 36.9. The molecule has 0 bridgehead atoms. The molecule has 0 saturated heterocycles. The molecule has 0 aliphatic heterocycles. The Labute approximate surface area is 633 Å². The molecule has 8 aromatic rings. The zero-order valence-electron chi connectivity index (χ0n) is 59.2. The fourth-order valence-electron chi connectivity index (χ4n) is 17.1. The van der Waals surface area contributed by atoms with Crippen LogP contribution in [-0.2, 0) is 80.4 Å². The average Bonchev–Trinajstić information content (AvgIpc) is 1.68. The maximum atomic E-state index is 4.77. The molecular formula is C77H104Ir4N16-4. The molecule has 16 nitrogen and oxygen atoms in total. The first-order valence-corrected chi connectivity index (χ1v) is 36.5. The fraction of sp³-hybridized carbons (Fsp3) is 0.636. The Morgan fingerprint density at radius 1 is 0.351 bits per heavy atom. The van der Waals surface area contributed by atoms with Crippen LogP contribution in [0.4, 0.5) is 0 Å². The Morgan fingerprint density at radius 2 is 0.670 bits per heavy atom. The van der Waals surface area contributed by atoms with Crippen molar-refractivity contribution in [2.45, 2.75) is 303 Å². The van der Waals surface area contributed by atoms with Gasteiger partial charge in [-0.1, -0.05) is 200 Å². The molecule has 0 spiro atoms. The molecule has 7 saturated carbocycles. The van der Waals surface area contributed by atoms with Gasteiger partial charge in [0.25, 0.3) is 0 Å². The van der Waals surface area contributed by atoms with E-state index in [9.17, 15) is 0 Å². The largest absolute Gasteiger partial charge is 0.357 e. The second kappa shape index (κ2) is 37.1. The molecule has 0 amide bonds. The maximum absolute atomic E-state index is 4.77. The summed E-state index contributed by atoms with van der Waals surface area (Å²) in [7, 11) is 0. The van der Waals surface area contributed by atoms with Gasteiger partial charge in [0.1, 0.15) is 23.3 Å². The minimum atomic E-state index is 0. The van der Waals surface area contributed by atoms with Gasteiger partial charge in [-0.3, -0.25) is 0 Å².